The van der Waals surface area contributed by atoms with E-state index < -0.39 is 0 Å². The number of benzene rings is 2. The van der Waals surface area contributed by atoms with Gasteiger partial charge in [-0.2, -0.15) is 0 Å². The molecule has 0 radical (unpaired) electrons. The van der Waals surface area contributed by atoms with Gasteiger partial charge >= 0.3 is 0 Å². The van der Waals surface area contributed by atoms with Gasteiger partial charge in [0.25, 0.3) is 0 Å². The summed E-state index contributed by atoms with van der Waals surface area (Å²) < 4.78 is 0. The highest BCUT2D eigenvalue weighted by Crippen LogP contribution is 2.57. The fourth-order valence-corrected chi connectivity index (χ4v) is 4.93. The van der Waals surface area contributed by atoms with E-state index in [1.54, 1.807) is 0 Å². The molecule has 2 unspecified atom stereocenters. The summed E-state index contributed by atoms with van der Waals surface area (Å²) in [5, 5.41) is 1.84. The van der Waals surface area contributed by atoms with Gasteiger partial charge in [0.05, 0.1) is 5.25 Å². The Kier molecular flexibility index (Phi) is 2.05. The van der Waals surface area contributed by atoms with Crippen LogP contribution < -0.4 is 0 Å². The third-order valence-corrected chi connectivity index (χ3v) is 5.80. The molecule has 20 heavy (non-hydrogen) atoms. The number of allylic oxidation sites excluding steroid dienone is 1. The van der Waals surface area contributed by atoms with Crippen molar-refractivity contribution in [1.82, 2.24) is 4.98 Å². The van der Waals surface area contributed by atoms with E-state index in [2.05, 4.69) is 65.7 Å². The molecule has 2 aliphatic rings. The maximum Gasteiger partial charge on any atom is 0.0605 e. The van der Waals surface area contributed by atoms with Gasteiger partial charge in [-0.1, -0.05) is 48.6 Å². The molecule has 1 nitrogen and oxygen atoms in total. The van der Waals surface area contributed by atoms with Crippen molar-refractivity contribution in [3.8, 4) is 0 Å². The highest BCUT2D eigenvalue weighted by atomic mass is 32.2. The van der Waals surface area contributed by atoms with Crippen molar-refractivity contribution in [2.45, 2.75) is 16.1 Å². The molecule has 1 aromatic heterocycles. The van der Waals surface area contributed by atoms with Gasteiger partial charge < -0.3 is 4.98 Å². The number of nitrogens with one attached hydrogen (secondary N) is 1. The molecule has 3 aromatic rings. The van der Waals surface area contributed by atoms with E-state index in [0.717, 1.165) is 0 Å². The predicted octanol–water partition coefficient (Wildman–Crippen LogP) is 5.13. The van der Waals surface area contributed by atoms with Crippen LogP contribution in [0.2, 0.25) is 0 Å². The van der Waals surface area contributed by atoms with Gasteiger partial charge in [0.15, 0.2) is 0 Å². The molecule has 1 aliphatic carbocycles. The Bertz CT molecular complexity index is 859. The van der Waals surface area contributed by atoms with Gasteiger partial charge in [-0.05, 0) is 17.7 Å². The first-order chi connectivity index (χ1) is 9.92. The first-order valence-corrected chi connectivity index (χ1v) is 7.84. The zero-order valence-corrected chi connectivity index (χ0v) is 11.7. The van der Waals surface area contributed by atoms with Crippen LogP contribution in [0.25, 0.3) is 17.0 Å². The van der Waals surface area contributed by atoms with E-state index in [1.807, 2.05) is 11.8 Å². The summed E-state index contributed by atoms with van der Waals surface area (Å²) in [5.41, 5.74) is 5.49. The van der Waals surface area contributed by atoms with Crippen LogP contribution in [0.5, 0.6) is 0 Å². The first-order valence-electron chi connectivity index (χ1n) is 6.96. The van der Waals surface area contributed by atoms with Crippen LogP contribution in [0.1, 0.15) is 28.0 Å². The molecule has 2 atom stereocenters. The average Bonchev–Trinajstić information content (AvgIpc) is 3.05. The van der Waals surface area contributed by atoms with Crippen molar-refractivity contribution in [3.63, 3.8) is 0 Å². The van der Waals surface area contributed by atoms with E-state index >= 15 is 0 Å². The highest BCUT2D eigenvalue weighted by molar-refractivity contribution is 8.00. The normalized spacial score (nSPS) is 22.6. The molecule has 2 heteroatoms. The zero-order chi connectivity index (χ0) is 13.1. The molecule has 1 aliphatic heterocycles. The van der Waals surface area contributed by atoms with Crippen LogP contribution in [0.3, 0.4) is 0 Å². The summed E-state index contributed by atoms with van der Waals surface area (Å²) in [6, 6.07) is 17.4. The highest BCUT2D eigenvalue weighted by Gasteiger charge is 2.37. The Morgan fingerprint density at radius 1 is 0.950 bits per heavy atom. The lowest BCUT2D eigenvalue weighted by atomic mass is 9.88. The molecule has 5 rings (SSSR count). The number of hydrogen-bond acceptors (Lipinski definition) is 1. The summed E-state index contributed by atoms with van der Waals surface area (Å²) in [7, 11) is 0. The number of thioether (sulfide) groups is 1. The first kappa shape index (κ1) is 10.8. The minimum absolute atomic E-state index is 0.500. The van der Waals surface area contributed by atoms with Gasteiger partial charge in [-0.3, -0.25) is 0 Å². The minimum Gasteiger partial charge on any atom is -0.357 e. The fourth-order valence-electron chi connectivity index (χ4n) is 3.47. The van der Waals surface area contributed by atoms with E-state index in [0.29, 0.717) is 11.2 Å². The molecule has 1 N–H and O–H groups in total. The number of hydrogen-bond donors (Lipinski definition) is 1. The minimum atomic E-state index is 0.500. The Hall–Kier alpha value is -1.93. The summed E-state index contributed by atoms with van der Waals surface area (Å²) in [6.45, 7) is 0. The van der Waals surface area contributed by atoms with Crippen LogP contribution in [-0.4, -0.2) is 4.98 Å². The standard InChI is InChI=1S/C18H13NS/c1-3-7-15-11(5-1)13-9-10-14-12-6-2-4-8-16(12)20-18(14)17(13)19-15/h1-10,14,18-19H. The van der Waals surface area contributed by atoms with Crippen molar-refractivity contribution in [2.24, 2.45) is 0 Å². The third kappa shape index (κ3) is 1.30. The Labute approximate surface area is 121 Å². The van der Waals surface area contributed by atoms with Crippen LogP contribution in [0.4, 0.5) is 0 Å². The quantitative estimate of drug-likeness (QED) is 0.601. The molecular formula is C18H13NS. The topological polar surface area (TPSA) is 15.8 Å². The van der Waals surface area contributed by atoms with E-state index in [-0.39, 0.29) is 0 Å². The molecular weight excluding hydrogens is 262 g/mol. The Balaban J connectivity index is 1.75. The second-order valence-corrected chi connectivity index (χ2v) is 6.64. The molecule has 0 amide bonds. The number of H-pyrrole nitrogens is 1. The van der Waals surface area contributed by atoms with Crippen molar-refractivity contribution in [3.05, 3.63) is 71.4 Å². The van der Waals surface area contributed by atoms with Crippen molar-refractivity contribution in [2.75, 3.05) is 0 Å². The maximum atomic E-state index is 3.65. The van der Waals surface area contributed by atoms with Gasteiger partial charge in [-0.25, -0.2) is 0 Å². The van der Waals surface area contributed by atoms with Crippen LogP contribution >= 0.6 is 11.8 Å². The second kappa shape index (κ2) is 3.80. The molecule has 2 heterocycles. The van der Waals surface area contributed by atoms with Gasteiger partial charge in [0.2, 0.25) is 0 Å². The van der Waals surface area contributed by atoms with Gasteiger partial charge in [-0.15, -0.1) is 11.8 Å². The molecule has 0 fully saturated rings. The van der Waals surface area contributed by atoms with Crippen molar-refractivity contribution < 1.29 is 0 Å². The van der Waals surface area contributed by atoms with E-state index in [4.69, 9.17) is 0 Å². The lowest BCUT2D eigenvalue weighted by Crippen LogP contribution is -2.05. The van der Waals surface area contributed by atoms with Crippen molar-refractivity contribution in [1.29, 1.82) is 0 Å². The molecule has 0 saturated carbocycles. The number of para-hydroxylation sites is 1. The largest absolute Gasteiger partial charge is 0.357 e. The fraction of sp³-hybridized carbons (Fsp3) is 0.111. The van der Waals surface area contributed by atoms with Crippen molar-refractivity contribution >= 4 is 28.7 Å². The number of aromatic nitrogens is 1. The third-order valence-electron chi connectivity index (χ3n) is 4.39. The molecule has 96 valence electrons. The number of aromatic amines is 1. The molecule has 0 saturated heterocycles. The van der Waals surface area contributed by atoms with Gasteiger partial charge in [0, 0.05) is 33.0 Å². The second-order valence-electron chi connectivity index (χ2n) is 5.46. The van der Waals surface area contributed by atoms with Crippen LogP contribution in [-0.2, 0) is 0 Å². The molecule has 0 bridgehead atoms. The Morgan fingerprint density at radius 3 is 2.80 bits per heavy atom. The smallest absolute Gasteiger partial charge is 0.0605 e. The lowest BCUT2D eigenvalue weighted by molar-refractivity contribution is 0.801. The molecule has 0 spiro atoms. The molecule has 2 aromatic carbocycles. The van der Waals surface area contributed by atoms with E-state index in [9.17, 15) is 0 Å². The zero-order valence-electron chi connectivity index (χ0n) is 10.8. The summed E-state index contributed by atoms with van der Waals surface area (Å²) >= 11 is 2.00. The Morgan fingerprint density at radius 2 is 1.80 bits per heavy atom. The van der Waals surface area contributed by atoms with Crippen LogP contribution in [0.15, 0.2) is 59.5 Å². The summed E-state index contributed by atoms with van der Waals surface area (Å²) in [5.74, 6) is 0.511. The van der Waals surface area contributed by atoms with E-state index in [1.165, 1.54) is 32.6 Å². The summed E-state index contributed by atoms with van der Waals surface area (Å²) in [4.78, 5) is 5.08. The monoisotopic (exact) mass is 275 g/mol. The number of fused-ring (bicyclic) bond motifs is 7. The van der Waals surface area contributed by atoms with Crippen LogP contribution in [0, 0.1) is 0 Å². The lowest BCUT2D eigenvalue weighted by Gasteiger charge is -2.20. The average molecular weight is 275 g/mol. The number of rotatable bonds is 0. The predicted molar refractivity (Wildman–Crippen MR) is 85.1 cm³/mol. The summed E-state index contributed by atoms with van der Waals surface area (Å²) in [6.07, 6.45) is 4.68. The SMILES string of the molecule is C1=CC2c3ccccc3SC2c2[nH]c3ccccc3c21. The van der Waals surface area contributed by atoms with Gasteiger partial charge in [0.1, 0.15) is 0 Å². The maximum absolute atomic E-state index is 3.65.